The second-order valence-corrected chi connectivity index (χ2v) is 5.53. The fourth-order valence-corrected chi connectivity index (χ4v) is 2.62. The number of carbonyl (C=O) groups is 1. The van der Waals surface area contributed by atoms with Crippen molar-refractivity contribution in [2.75, 3.05) is 6.54 Å². The van der Waals surface area contributed by atoms with Gasteiger partial charge < -0.3 is 10.4 Å². The summed E-state index contributed by atoms with van der Waals surface area (Å²) in [4.78, 5) is 11.9. The zero-order valence-electron chi connectivity index (χ0n) is 9.77. The van der Waals surface area contributed by atoms with Gasteiger partial charge in [0, 0.05) is 11.6 Å². The Labute approximate surface area is 124 Å². The van der Waals surface area contributed by atoms with Crippen LogP contribution in [0.2, 0.25) is 10.0 Å². The average Bonchev–Trinajstić information content (AvgIpc) is 2.92. The fraction of sp³-hybridized carbons (Fsp3) is 0.154. The van der Waals surface area contributed by atoms with E-state index in [-0.39, 0.29) is 12.5 Å². The summed E-state index contributed by atoms with van der Waals surface area (Å²) in [5.74, 6) is -0.359. The molecule has 19 heavy (non-hydrogen) atoms. The summed E-state index contributed by atoms with van der Waals surface area (Å²) in [5.41, 5.74) is 1.08. The quantitative estimate of drug-likeness (QED) is 0.907. The molecule has 0 aliphatic rings. The van der Waals surface area contributed by atoms with Crippen molar-refractivity contribution >= 4 is 40.4 Å². The van der Waals surface area contributed by atoms with Gasteiger partial charge in [-0.05, 0) is 40.6 Å². The van der Waals surface area contributed by atoms with Crippen LogP contribution in [0.15, 0.2) is 35.0 Å². The Morgan fingerprint density at radius 3 is 2.84 bits per heavy atom. The Morgan fingerprint density at radius 2 is 2.16 bits per heavy atom. The fourth-order valence-electron chi connectivity index (χ4n) is 1.54. The predicted molar refractivity (Wildman–Crippen MR) is 78.1 cm³/mol. The maximum absolute atomic E-state index is 11.9. The Balaban J connectivity index is 2.00. The number of amides is 1. The van der Waals surface area contributed by atoms with Gasteiger partial charge in [-0.2, -0.15) is 11.3 Å². The molecule has 1 heterocycles. The summed E-state index contributed by atoms with van der Waals surface area (Å²) in [6, 6.07) is 6.49. The van der Waals surface area contributed by atoms with Crippen LogP contribution in [0.25, 0.3) is 0 Å². The third kappa shape index (κ3) is 3.70. The molecule has 100 valence electrons. The molecular weight excluding hydrogens is 305 g/mol. The number of aliphatic hydroxyl groups is 1. The molecule has 3 nitrogen and oxygen atoms in total. The Morgan fingerprint density at radius 1 is 1.37 bits per heavy atom. The minimum atomic E-state index is -0.729. The average molecular weight is 316 g/mol. The molecule has 1 aromatic carbocycles. The molecule has 0 bridgehead atoms. The van der Waals surface area contributed by atoms with Crippen LogP contribution in [-0.2, 0) is 0 Å². The maximum atomic E-state index is 11.9. The lowest BCUT2D eigenvalue weighted by Gasteiger charge is -2.11. The second-order valence-electron chi connectivity index (χ2n) is 3.91. The highest BCUT2D eigenvalue weighted by molar-refractivity contribution is 7.07. The van der Waals surface area contributed by atoms with Gasteiger partial charge in [0.05, 0.1) is 16.7 Å². The highest BCUT2D eigenvalue weighted by Crippen LogP contribution is 2.21. The molecule has 0 spiro atoms. The van der Waals surface area contributed by atoms with Crippen LogP contribution in [0.3, 0.4) is 0 Å². The lowest BCUT2D eigenvalue weighted by molar-refractivity contribution is 0.0916. The van der Waals surface area contributed by atoms with Crippen molar-refractivity contribution in [1.82, 2.24) is 5.32 Å². The van der Waals surface area contributed by atoms with E-state index in [9.17, 15) is 9.90 Å². The third-order valence-electron chi connectivity index (χ3n) is 2.56. The first kappa shape index (κ1) is 14.3. The number of aliphatic hydroxyl groups excluding tert-OH is 1. The Bertz CT molecular complexity index is 572. The van der Waals surface area contributed by atoms with Gasteiger partial charge in [-0.3, -0.25) is 4.79 Å². The summed E-state index contributed by atoms with van der Waals surface area (Å²) in [6.45, 7) is 0.123. The monoisotopic (exact) mass is 315 g/mol. The van der Waals surface area contributed by atoms with Crippen molar-refractivity contribution in [2.24, 2.45) is 0 Å². The van der Waals surface area contributed by atoms with Crippen molar-refractivity contribution in [3.05, 3.63) is 56.2 Å². The molecule has 0 radical (unpaired) electrons. The first-order valence-electron chi connectivity index (χ1n) is 5.51. The number of halogens is 2. The van der Waals surface area contributed by atoms with Crippen molar-refractivity contribution < 1.29 is 9.90 Å². The zero-order chi connectivity index (χ0) is 13.8. The first-order chi connectivity index (χ1) is 9.08. The maximum Gasteiger partial charge on any atom is 0.252 e. The van der Waals surface area contributed by atoms with Gasteiger partial charge in [-0.1, -0.05) is 23.2 Å². The van der Waals surface area contributed by atoms with Gasteiger partial charge in [0.2, 0.25) is 0 Å². The first-order valence-corrected chi connectivity index (χ1v) is 7.21. The normalized spacial score (nSPS) is 12.2. The summed E-state index contributed by atoms with van der Waals surface area (Å²) < 4.78 is 0. The molecule has 1 aromatic heterocycles. The van der Waals surface area contributed by atoms with Crippen LogP contribution in [0.1, 0.15) is 22.0 Å². The second kappa shape index (κ2) is 6.39. The van der Waals surface area contributed by atoms with Crippen LogP contribution in [-0.4, -0.2) is 17.6 Å². The zero-order valence-corrected chi connectivity index (χ0v) is 12.1. The molecule has 1 amide bonds. The molecule has 2 aromatic rings. The third-order valence-corrected chi connectivity index (χ3v) is 3.82. The molecular formula is C13H11Cl2NO2S. The summed E-state index contributed by atoms with van der Waals surface area (Å²) in [5, 5.41) is 17.0. The molecule has 2 rings (SSSR count). The number of benzene rings is 1. The SMILES string of the molecule is O=C(NCC(O)c1ccsc1)c1cc(Cl)ccc1Cl. The van der Waals surface area contributed by atoms with Crippen LogP contribution in [0, 0.1) is 0 Å². The summed E-state index contributed by atoms with van der Waals surface area (Å²) >= 11 is 13.2. The van der Waals surface area contributed by atoms with E-state index in [1.807, 2.05) is 16.8 Å². The molecule has 0 saturated carbocycles. The van der Waals surface area contributed by atoms with E-state index in [1.165, 1.54) is 17.4 Å². The topological polar surface area (TPSA) is 49.3 Å². The molecule has 1 atom stereocenters. The van der Waals surface area contributed by atoms with Gasteiger partial charge in [0.25, 0.3) is 5.91 Å². The van der Waals surface area contributed by atoms with Gasteiger partial charge in [0.15, 0.2) is 0 Å². The van der Waals surface area contributed by atoms with E-state index in [0.717, 1.165) is 5.56 Å². The number of thiophene rings is 1. The lowest BCUT2D eigenvalue weighted by atomic mass is 10.2. The molecule has 2 N–H and O–H groups in total. The van der Waals surface area contributed by atoms with Crippen LogP contribution in [0.5, 0.6) is 0 Å². The van der Waals surface area contributed by atoms with E-state index < -0.39 is 6.10 Å². The Hall–Kier alpha value is -1.07. The van der Waals surface area contributed by atoms with Crippen LogP contribution in [0.4, 0.5) is 0 Å². The summed E-state index contributed by atoms with van der Waals surface area (Å²) in [6.07, 6.45) is -0.729. The molecule has 1 unspecified atom stereocenters. The molecule has 6 heteroatoms. The van der Waals surface area contributed by atoms with E-state index in [1.54, 1.807) is 12.1 Å². The van der Waals surface area contributed by atoms with Gasteiger partial charge in [-0.25, -0.2) is 0 Å². The predicted octanol–water partition coefficient (Wildman–Crippen LogP) is 3.52. The molecule has 0 saturated heterocycles. The van der Waals surface area contributed by atoms with E-state index in [0.29, 0.717) is 15.6 Å². The van der Waals surface area contributed by atoms with Crippen LogP contribution >= 0.6 is 34.5 Å². The molecule has 0 aliphatic carbocycles. The largest absolute Gasteiger partial charge is 0.387 e. The van der Waals surface area contributed by atoms with Crippen molar-refractivity contribution in [1.29, 1.82) is 0 Å². The Kier molecular flexibility index (Phi) is 4.82. The highest BCUT2D eigenvalue weighted by atomic mass is 35.5. The smallest absolute Gasteiger partial charge is 0.252 e. The van der Waals surface area contributed by atoms with Crippen molar-refractivity contribution in [2.45, 2.75) is 6.10 Å². The molecule has 0 fully saturated rings. The van der Waals surface area contributed by atoms with E-state index in [4.69, 9.17) is 23.2 Å². The van der Waals surface area contributed by atoms with Crippen molar-refractivity contribution in [3.63, 3.8) is 0 Å². The standard InChI is InChI=1S/C13H11Cl2NO2S/c14-9-1-2-11(15)10(5-9)13(18)16-6-12(17)8-3-4-19-7-8/h1-5,7,12,17H,6H2,(H,16,18). The van der Waals surface area contributed by atoms with Crippen LogP contribution < -0.4 is 5.32 Å². The number of carbonyl (C=O) groups excluding carboxylic acids is 1. The van der Waals surface area contributed by atoms with E-state index >= 15 is 0 Å². The molecule has 0 aliphatic heterocycles. The van der Waals surface area contributed by atoms with Crippen molar-refractivity contribution in [3.8, 4) is 0 Å². The lowest BCUT2D eigenvalue weighted by Crippen LogP contribution is -2.28. The minimum Gasteiger partial charge on any atom is -0.387 e. The van der Waals surface area contributed by atoms with E-state index in [2.05, 4.69) is 5.32 Å². The van der Waals surface area contributed by atoms with Gasteiger partial charge in [0.1, 0.15) is 0 Å². The number of hydrogen-bond acceptors (Lipinski definition) is 3. The number of rotatable bonds is 4. The minimum absolute atomic E-state index is 0.123. The highest BCUT2D eigenvalue weighted by Gasteiger charge is 2.13. The van der Waals surface area contributed by atoms with Gasteiger partial charge in [-0.15, -0.1) is 0 Å². The number of hydrogen-bond donors (Lipinski definition) is 2. The number of nitrogens with one attached hydrogen (secondary N) is 1. The van der Waals surface area contributed by atoms with Gasteiger partial charge >= 0.3 is 0 Å². The summed E-state index contributed by atoms with van der Waals surface area (Å²) in [7, 11) is 0.